The molecule has 0 amide bonds. The van der Waals surface area contributed by atoms with E-state index in [0.29, 0.717) is 13.2 Å². The van der Waals surface area contributed by atoms with E-state index in [-0.39, 0.29) is 10.8 Å². The van der Waals surface area contributed by atoms with Crippen molar-refractivity contribution in [1.29, 1.82) is 0 Å². The minimum Gasteiger partial charge on any atom is -0.494 e. The lowest BCUT2D eigenvalue weighted by molar-refractivity contribution is 0.340. The molecule has 12 aromatic rings. The Morgan fingerprint density at radius 1 is 0.263 bits per heavy atom. The third-order valence-corrected chi connectivity index (χ3v) is 17.0. The van der Waals surface area contributed by atoms with Crippen molar-refractivity contribution in [2.45, 2.75) is 52.4 Å². The molecule has 0 atom stereocenters. The SMILES string of the molecule is CCOc1ccc(-c2c3ccccc3c(-c3ccc4c(c3)C(C)(C)c3cc(-c5ccc6c(c5)C(C)(C)c5cc(-c7c8ccccc8c(-c8ccc(OCC)cc8)c8ccccc78)ccc5-6)ccc3-4)c3ccccc23)cc1. The molecule has 0 spiro atoms. The van der Waals surface area contributed by atoms with Gasteiger partial charge < -0.3 is 9.47 Å². The van der Waals surface area contributed by atoms with Gasteiger partial charge in [-0.25, -0.2) is 0 Å². The lowest BCUT2D eigenvalue weighted by Gasteiger charge is -2.24. The van der Waals surface area contributed by atoms with Gasteiger partial charge in [0.2, 0.25) is 0 Å². The van der Waals surface area contributed by atoms with E-state index in [1.165, 1.54) is 143 Å². The zero-order valence-electron chi connectivity index (χ0n) is 44.0. The Labute approximate surface area is 445 Å². The molecule has 0 bridgehead atoms. The maximum absolute atomic E-state index is 5.84. The zero-order chi connectivity index (χ0) is 51.5. The van der Waals surface area contributed by atoms with Gasteiger partial charge in [0.1, 0.15) is 11.5 Å². The zero-order valence-corrected chi connectivity index (χ0v) is 44.0. The first-order valence-electron chi connectivity index (χ1n) is 27.1. The molecule has 0 saturated heterocycles. The van der Waals surface area contributed by atoms with Gasteiger partial charge in [-0.05, 0) is 206 Å². The molecular formula is C74H58O2. The lowest BCUT2D eigenvalue weighted by Crippen LogP contribution is -2.15. The molecule has 0 unspecified atom stereocenters. The number of hydrogen-bond acceptors (Lipinski definition) is 2. The Morgan fingerprint density at radius 2 is 0.487 bits per heavy atom. The van der Waals surface area contributed by atoms with Crippen molar-refractivity contribution >= 4 is 43.1 Å². The molecule has 76 heavy (non-hydrogen) atoms. The number of fused-ring (bicyclic) bond motifs is 10. The van der Waals surface area contributed by atoms with Gasteiger partial charge in [0.05, 0.1) is 13.2 Å². The van der Waals surface area contributed by atoms with Crippen LogP contribution in [0.4, 0.5) is 0 Å². The van der Waals surface area contributed by atoms with Crippen LogP contribution in [0.25, 0.3) is 121 Å². The van der Waals surface area contributed by atoms with E-state index in [0.717, 1.165) is 11.5 Å². The van der Waals surface area contributed by atoms with Crippen molar-refractivity contribution in [3.8, 4) is 89.4 Å². The molecule has 0 radical (unpaired) electrons. The van der Waals surface area contributed by atoms with E-state index >= 15 is 0 Å². The first kappa shape index (κ1) is 45.9. The fourth-order valence-corrected chi connectivity index (χ4v) is 13.4. The molecule has 0 aromatic heterocycles. The highest BCUT2D eigenvalue weighted by Crippen LogP contribution is 2.55. The van der Waals surface area contributed by atoms with E-state index in [1.807, 2.05) is 13.8 Å². The summed E-state index contributed by atoms with van der Waals surface area (Å²) >= 11 is 0. The predicted octanol–water partition coefficient (Wildman–Crippen LogP) is 20.0. The topological polar surface area (TPSA) is 18.5 Å². The van der Waals surface area contributed by atoms with Crippen LogP contribution in [0.1, 0.15) is 63.8 Å². The second-order valence-corrected chi connectivity index (χ2v) is 21.9. The maximum Gasteiger partial charge on any atom is 0.119 e. The van der Waals surface area contributed by atoms with Gasteiger partial charge in [0, 0.05) is 10.8 Å². The van der Waals surface area contributed by atoms with E-state index < -0.39 is 0 Å². The van der Waals surface area contributed by atoms with Gasteiger partial charge in [-0.3, -0.25) is 0 Å². The molecule has 2 aliphatic carbocycles. The van der Waals surface area contributed by atoms with E-state index in [1.54, 1.807) is 0 Å². The summed E-state index contributed by atoms with van der Waals surface area (Å²) in [6.07, 6.45) is 0. The third kappa shape index (κ3) is 6.93. The normalized spacial score (nSPS) is 13.7. The van der Waals surface area contributed by atoms with Gasteiger partial charge in [0.25, 0.3) is 0 Å². The number of benzene rings is 12. The van der Waals surface area contributed by atoms with Crippen molar-refractivity contribution in [2.75, 3.05) is 13.2 Å². The minimum absolute atomic E-state index is 0.214. The Balaban J connectivity index is 0.820. The van der Waals surface area contributed by atoms with Crippen LogP contribution < -0.4 is 9.47 Å². The van der Waals surface area contributed by atoms with Crippen LogP contribution >= 0.6 is 0 Å². The second-order valence-electron chi connectivity index (χ2n) is 21.9. The predicted molar refractivity (Wildman–Crippen MR) is 321 cm³/mol. The second kappa shape index (κ2) is 17.4. The largest absolute Gasteiger partial charge is 0.494 e. The van der Waals surface area contributed by atoms with Gasteiger partial charge in [-0.15, -0.1) is 0 Å². The number of hydrogen-bond donors (Lipinski definition) is 0. The summed E-state index contributed by atoms with van der Waals surface area (Å²) in [7, 11) is 0. The van der Waals surface area contributed by atoms with Crippen molar-refractivity contribution in [3.05, 3.63) is 241 Å². The molecule has 0 aliphatic heterocycles. The van der Waals surface area contributed by atoms with Crippen LogP contribution in [0.5, 0.6) is 11.5 Å². The van der Waals surface area contributed by atoms with E-state index in [4.69, 9.17) is 9.47 Å². The highest BCUT2D eigenvalue weighted by molar-refractivity contribution is 6.23. The fourth-order valence-electron chi connectivity index (χ4n) is 13.4. The molecule has 366 valence electrons. The molecule has 2 nitrogen and oxygen atoms in total. The fraction of sp³-hybridized carbons (Fsp3) is 0.135. The van der Waals surface area contributed by atoms with Crippen molar-refractivity contribution in [3.63, 3.8) is 0 Å². The smallest absolute Gasteiger partial charge is 0.119 e. The summed E-state index contributed by atoms with van der Waals surface area (Å²) in [5, 5.41) is 10.0. The quantitative estimate of drug-likeness (QED) is 0.134. The van der Waals surface area contributed by atoms with Gasteiger partial charge in [-0.1, -0.05) is 198 Å². The third-order valence-electron chi connectivity index (χ3n) is 17.0. The summed E-state index contributed by atoms with van der Waals surface area (Å²) in [6, 6.07) is 81.8. The lowest BCUT2D eigenvalue weighted by atomic mass is 9.79. The molecule has 12 aromatic carbocycles. The molecular weight excluding hydrogens is 921 g/mol. The van der Waals surface area contributed by atoms with Crippen molar-refractivity contribution in [1.82, 2.24) is 0 Å². The first-order valence-corrected chi connectivity index (χ1v) is 27.1. The average Bonchev–Trinajstić information content (AvgIpc) is 3.85. The maximum atomic E-state index is 5.84. The summed E-state index contributed by atoms with van der Waals surface area (Å²) < 4.78 is 11.7. The summed E-state index contributed by atoms with van der Waals surface area (Å²) in [5.74, 6) is 1.79. The standard InChI is InChI=1S/C74H58O2/c1-7-75-51-33-25-45(26-34-51)69-57-17-9-13-21-61(57)71(62-22-14-10-18-58(62)69)49-31-39-55-53-37-29-47(41-65(53)73(3,4)67(55)43-49)48-30-38-54-56-40-32-50(44-68(56)74(5,6)66(54)42-48)72-63-23-15-11-19-59(63)70(60-20-12-16-24-64(60)72)46-27-35-52(36-28-46)76-8-2/h9-44H,7-8H2,1-6H3. The molecule has 0 heterocycles. The minimum atomic E-state index is -0.214. The summed E-state index contributed by atoms with van der Waals surface area (Å²) in [6.45, 7) is 15.0. The Kier molecular flexibility index (Phi) is 10.5. The molecule has 14 rings (SSSR count). The van der Waals surface area contributed by atoms with Crippen LogP contribution in [-0.4, -0.2) is 13.2 Å². The van der Waals surface area contributed by atoms with Gasteiger partial charge >= 0.3 is 0 Å². The monoisotopic (exact) mass is 978 g/mol. The van der Waals surface area contributed by atoms with Crippen LogP contribution in [0.2, 0.25) is 0 Å². The average molecular weight is 979 g/mol. The van der Waals surface area contributed by atoms with Gasteiger partial charge in [-0.2, -0.15) is 0 Å². The highest BCUT2D eigenvalue weighted by Gasteiger charge is 2.38. The molecule has 2 aliphatic rings. The van der Waals surface area contributed by atoms with Crippen molar-refractivity contribution < 1.29 is 9.47 Å². The number of rotatable bonds is 9. The van der Waals surface area contributed by atoms with E-state index in [2.05, 4.69) is 246 Å². The Hall–Kier alpha value is -8.72. The molecule has 0 fully saturated rings. The van der Waals surface area contributed by atoms with Gasteiger partial charge in [0.15, 0.2) is 0 Å². The van der Waals surface area contributed by atoms with Crippen LogP contribution in [0.3, 0.4) is 0 Å². The summed E-state index contributed by atoms with van der Waals surface area (Å²) in [4.78, 5) is 0. The van der Waals surface area contributed by atoms with Crippen LogP contribution in [0.15, 0.2) is 218 Å². The Morgan fingerprint density at radius 3 is 0.750 bits per heavy atom. The summed E-state index contributed by atoms with van der Waals surface area (Å²) in [5.41, 5.74) is 22.8. The van der Waals surface area contributed by atoms with E-state index in [9.17, 15) is 0 Å². The van der Waals surface area contributed by atoms with Crippen LogP contribution in [0, 0.1) is 0 Å². The molecule has 2 heteroatoms. The Bertz CT molecular complexity index is 3950. The molecule has 0 N–H and O–H groups in total. The highest BCUT2D eigenvalue weighted by atomic mass is 16.5. The van der Waals surface area contributed by atoms with Crippen LogP contribution in [-0.2, 0) is 10.8 Å². The van der Waals surface area contributed by atoms with Crippen molar-refractivity contribution in [2.24, 2.45) is 0 Å². The first-order chi connectivity index (χ1) is 37.1. The number of ether oxygens (including phenoxy) is 2. The molecule has 0 saturated carbocycles.